The van der Waals surface area contributed by atoms with E-state index in [4.69, 9.17) is 19.9 Å². The first-order chi connectivity index (χ1) is 25.3. The largest absolute Gasteiger partial charge is 0.255 e. The molecule has 4 heteroatoms. The number of benzene rings is 4. The number of hydrogen-bond acceptors (Lipinski definition) is 4. The third kappa shape index (κ3) is 5.47. The molecule has 4 nitrogen and oxygen atoms in total. The topological polar surface area (TPSA) is 51.6 Å². The fourth-order valence-corrected chi connectivity index (χ4v) is 9.97. The predicted octanol–water partition coefficient (Wildman–Crippen LogP) is 12.4. The summed E-state index contributed by atoms with van der Waals surface area (Å²) in [6.45, 7) is 15.7. The second-order valence-corrected chi connectivity index (χ2v) is 18.1. The van der Waals surface area contributed by atoms with Crippen molar-refractivity contribution in [3.63, 3.8) is 0 Å². The summed E-state index contributed by atoms with van der Waals surface area (Å²) in [6.07, 6.45) is 9.72. The van der Waals surface area contributed by atoms with Gasteiger partial charge in [-0.2, -0.15) is 0 Å². The summed E-state index contributed by atoms with van der Waals surface area (Å²) in [5, 5.41) is 0. The molecule has 0 atom stereocenters. The van der Waals surface area contributed by atoms with Crippen LogP contribution in [-0.4, -0.2) is 19.9 Å². The van der Waals surface area contributed by atoms with Crippen LogP contribution in [0.3, 0.4) is 0 Å². The number of rotatable bonds is 4. The number of fused-ring (bicyclic) bond motifs is 3. The monoisotopic (exact) mass is 694 g/mol. The van der Waals surface area contributed by atoms with Crippen LogP contribution in [0.4, 0.5) is 0 Å². The fourth-order valence-electron chi connectivity index (χ4n) is 9.97. The number of pyridine rings is 1. The highest BCUT2D eigenvalue weighted by atomic mass is 15.0. The van der Waals surface area contributed by atoms with Crippen LogP contribution in [0.1, 0.15) is 108 Å². The van der Waals surface area contributed by atoms with Crippen molar-refractivity contribution in [3.8, 4) is 56.5 Å². The van der Waals surface area contributed by atoms with Gasteiger partial charge in [-0.3, -0.25) is 4.98 Å². The first kappa shape index (κ1) is 33.8. The molecular weight excluding hydrogens is 645 g/mol. The van der Waals surface area contributed by atoms with Crippen LogP contribution in [0.15, 0.2) is 103 Å². The summed E-state index contributed by atoms with van der Waals surface area (Å²) in [6, 6.07) is 35.9. The molecule has 0 bridgehead atoms. The molecule has 0 N–H and O–H groups in total. The van der Waals surface area contributed by atoms with E-state index >= 15 is 0 Å². The SMILES string of the molecule is Cc1ccc2c(c1)[C@]13CCC[C@]1(CCC3)c1cc(-c3ccc(-c4nc(-c5ccc(C(C)(C)C)cc5)nc(-c5ccc(C(C)(C)C)cc5)n4)cn3)ccc1-2. The van der Waals surface area contributed by atoms with E-state index < -0.39 is 0 Å². The average molecular weight is 695 g/mol. The smallest absolute Gasteiger partial charge is 0.165 e. The van der Waals surface area contributed by atoms with Gasteiger partial charge in [-0.25, -0.2) is 15.0 Å². The molecule has 0 saturated heterocycles. The molecule has 53 heavy (non-hydrogen) atoms. The van der Waals surface area contributed by atoms with E-state index in [1.165, 1.54) is 71.9 Å². The van der Waals surface area contributed by atoms with Crippen LogP contribution >= 0.6 is 0 Å². The zero-order valence-electron chi connectivity index (χ0n) is 32.3. The lowest BCUT2D eigenvalue weighted by atomic mass is 9.55. The van der Waals surface area contributed by atoms with Crippen molar-refractivity contribution in [1.82, 2.24) is 19.9 Å². The van der Waals surface area contributed by atoms with E-state index in [2.05, 4.69) is 146 Å². The van der Waals surface area contributed by atoms with Gasteiger partial charge in [-0.05, 0) is 95.0 Å². The maximum absolute atomic E-state index is 5.08. The second kappa shape index (κ2) is 12.0. The summed E-state index contributed by atoms with van der Waals surface area (Å²) in [5.41, 5.74) is 15.6. The normalized spacial score (nSPS) is 20.4. The van der Waals surface area contributed by atoms with Gasteiger partial charge in [0, 0.05) is 39.3 Å². The van der Waals surface area contributed by atoms with Gasteiger partial charge in [0.15, 0.2) is 17.5 Å². The second-order valence-electron chi connectivity index (χ2n) is 18.1. The molecule has 4 aromatic carbocycles. The van der Waals surface area contributed by atoms with Gasteiger partial charge in [-0.15, -0.1) is 0 Å². The molecule has 3 aliphatic rings. The van der Waals surface area contributed by atoms with Crippen molar-refractivity contribution < 1.29 is 0 Å². The molecule has 2 fully saturated rings. The number of aryl methyl sites for hydroxylation is 1. The zero-order valence-corrected chi connectivity index (χ0v) is 32.3. The maximum atomic E-state index is 5.08. The highest BCUT2D eigenvalue weighted by molar-refractivity contribution is 5.82. The third-order valence-electron chi connectivity index (χ3n) is 12.8. The fraction of sp³-hybridized carbons (Fsp3) is 0.347. The van der Waals surface area contributed by atoms with E-state index in [9.17, 15) is 0 Å². The number of hydrogen-bond donors (Lipinski definition) is 0. The summed E-state index contributed by atoms with van der Waals surface area (Å²) < 4.78 is 0. The highest BCUT2D eigenvalue weighted by Gasteiger charge is 2.62. The Hall–Kier alpha value is -4.96. The Morgan fingerprint density at radius 3 is 1.38 bits per heavy atom. The van der Waals surface area contributed by atoms with Gasteiger partial charge < -0.3 is 0 Å². The van der Waals surface area contributed by atoms with Crippen molar-refractivity contribution in [2.45, 2.75) is 109 Å². The molecule has 6 aromatic rings. The Bertz CT molecular complexity index is 2270. The summed E-state index contributed by atoms with van der Waals surface area (Å²) in [4.78, 5) is 20.2. The third-order valence-corrected chi connectivity index (χ3v) is 12.8. The van der Waals surface area contributed by atoms with Gasteiger partial charge in [0.1, 0.15) is 0 Å². The molecule has 9 rings (SSSR count). The van der Waals surface area contributed by atoms with Crippen molar-refractivity contribution >= 4 is 0 Å². The Kier molecular flexibility index (Phi) is 7.68. The minimum absolute atomic E-state index is 0.0643. The van der Waals surface area contributed by atoms with Crippen LogP contribution < -0.4 is 0 Å². The van der Waals surface area contributed by atoms with Crippen molar-refractivity contribution in [3.05, 3.63) is 131 Å². The minimum Gasteiger partial charge on any atom is -0.255 e. The lowest BCUT2D eigenvalue weighted by Crippen LogP contribution is -2.43. The molecule has 0 unspecified atom stereocenters. The van der Waals surface area contributed by atoms with Crippen LogP contribution in [0.2, 0.25) is 0 Å². The molecule has 0 aliphatic heterocycles. The van der Waals surface area contributed by atoms with Crippen LogP contribution in [0.5, 0.6) is 0 Å². The number of aromatic nitrogens is 4. The maximum Gasteiger partial charge on any atom is 0.165 e. The van der Waals surface area contributed by atoms with Gasteiger partial charge in [0.2, 0.25) is 0 Å². The quantitative estimate of drug-likeness (QED) is 0.184. The van der Waals surface area contributed by atoms with Gasteiger partial charge in [0.25, 0.3) is 0 Å². The van der Waals surface area contributed by atoms with E-state index in [1.807, 2.05) is 6.20 Å². The van der Waals surface area contributed by atoms with Gasteiger partial charge in [-0.1, -0.05) is 139 Å². The van der Waals surface area contributed by atoms with Crippen molar-refractivity contribution in [2.24, 2.45) is 0 Å². The first-order valence-electron chi connectivity index (χ1n) is 19.6. The highest BCUT2D eigenvalue weighted by Crippen LogP contribution is 2.69. The molecule has 0 radical (unpaired) electrons. The Morgan fingerprint density at radius 1 is 0.472 bits per heavy atom. The van der Waals surface area contributed by atoms with Gasteiger partial charge in [0.05, 0.1) is 5.69 Å². The van der Waals surface area contributed by atoms with Crippen molar-refractivity contribution in [2.75, 3.05) is 0 Å². The standard InChI is InChI=1S/C49H50N4/c1-31-10-21-38-39-22-15-34(29-41(39)49-26-8-24-48(49,25-9-27-49)40(38)28-31)42-23-16-35(30-50-42)45-52-43(32-11-17-36(18-12-32)46(2,3)4)51-44(53-45)33-13-19-37(20-14-33)47(5,6)7/h10-23,28-30H,8-9,24-27H2,1-7H3/t48-,49+. The molecule has 0 amide bonds. The Labute approximate surface area is 315 Å². The zero-order chi connectivity index (χ0) is 36.8. The van der Waals surface area contributed by atoms with E-state index in [0.717, 1.165) is 22.4 Å². The van der Waals surface area contributed by atoms with Crippen LogP contribution in [0, 0.1) is 6.92 Å². The van der Waals surface area contributed by atoms with Crippen molar-refractivity contribution in [1.29, 1.82) is 0 Å². The van der Waals surface area contributed by atoms with E-state index in [0.29, 0.717) is 17.5 Å². The number of nitrogens with zero attached hydrogens (tertiary/aromatic N) is 4. The molecule has 2 heterocycles. The van der Waals surface area contributed by atoms with E-state index in [-0.39, 0.29) is 21.7 Å². The van der Waals surface area contributed by atoms with Crippen LogP contribution in [-0.2, 0) is 21.7 Å². The van der Waals surface area contributed by atoms with Gasteiger partial charge >= 0.3 is 0 Å². The summed E-state index contributed by atoms with van der Waals surface area (Å²) in [7, 11) is 0. The van der Waals surface area contributed by atoms with E-state index in [1.54, 1.807) is 11.1 Å². The first-order valence-corrected chi connectivity index (χ1v) is 19.6. The molecule has 2 saturated carbocycles. The summed E-state index contributed by atoms with van der Waals surface area (Å²) >= 11 is 0. The lowest BCUT2D eigenvalue weighted by Gasteiger charge is -2.48. The minimum atomic E-state index is 0.0643. The molecule has 2 aromatic heterocycles. The molecular formula is C49H50N4. The Morgan fingerprint density at radius 2 is 0.906 bits per heavy atom. The molecule has 266 valence electrons. The predicted molar refractivity (Wildman–Crippen MR) is 218 cm³/mol. The molecule has 3 aliphatic carbocycles. The summed E-state index contributed by atoms with van der Waals surface area (Å²) in [5.74, 6) is 1.95. The van der Waals surface area contributed by atoms with Crippen LogP contribution in [0.25, 0.3) is 56.5 Å². The molecule has 0 spiro atoms. The Balaban J connectivity index is 1.11. The average Bonchev–Trinajstić information content (AvgIpc) is 3.73. The lowest BCUT2D eigenvalue weighted by molar-refractivity contribution is 0.299.